The zero-order chi connectivity index (χ0) is 14.6. The third kappa shape index (κ3) is 4.94. The fourth-order valence-electron chi connectivity index (χ4n) is 1.96. The zero-order valence-electron chi connectivity index (χ0n) is 11.9. The maximum Gasteiger partial charge on any atom is 0.271 e. The van der Waals surface area contributed by atoms with Crippen LogP contribution < -0.4 is 10.5 Å². The Hall–Kier alpha value is -0.890. The van der Waals surface area contributed by atoms with Crippen molar-refractivity contribution in [3.05, 3.63) is 17.9 Å². The highest BCUT2D eigenvalue weighted by molar-refractivity contribution is 7.89. The topological polar surface area (TPSA) is 88.6 Å². The molecule has 0 saturated heterocycles. The van der Waals surface area contributed by atoms with Crippen molar-refractivity contribution < 1.29 is 12.8 Å². The molecule has 1 atom stereocenters. The van der Waals surface area contributed by atoms with E-state index < -0.39 is 10.0 Å². The van der Waals surface area contributed by atoms with Crippen LogP contribution in [0.2, 0.25) is 0 Å². The van der Waals surface area contributed by atoms with E-state index in [2.05, 4.69) is 24.1 Å². The second kappa shape index (κ2) is 6.51. The van der Waals surface area contributed by atoms with Crippen LogP contribution in [0.1, 0.15) is 19.6 Å². The number of hydrogen-bond donors (Lipinski definition) is 2. The van der Waals surface area contributed by atoms with Gasteiger partial charge in [-0.2, -0.15) is 0 Å². The Balaban J connectivity index is 2.52. The van der Waals surface area contributed by atoms with Crippen molar-refractivity contribution in [3.8, 4) is 0 Å². The van der Waals surface area contributed by atoms with Crippen LogP contribution in [0.4, 0.5) is 0 Å². The number of primary sulfonamides is 1. The Morgan fingerprint density at radius 3 is 2.42 bits per heavy atom. The minimum absolute atomic E-state index is 0.197. The molecule has 0 bridgehead atoms. The molecule has 110 valence electrons. The van der Waals surface area contributed by atoms with E-state index in [1.54, 1.807) is 6.07 Å². The van der Waals surface area contributed by atoms with E-state index in [9.17, 15) is 8.42 Å². The van der Waals surface area contributed by atoms with E-state index in [1.807, 2.05) is 14.1 Å². The maximum atomic E-state index is 11.1. The van der Waals surface area contributed by atoms with Crippen LogP contribution >= 0.6 is 0 Å². The molecular formula is C12H23N3O3S. The van der Waals surface area contributed by atoms with Crippen LogP contribution in [0, 0.1) is 5.92 Å². The van der Waals surface area contributed by atoms with Gasteiger partial charge in [0.25, 0.3) is 10.0 Å². The highest BCUT2D eigenvalue weighted by Gasteiger charge is 2.16. The molecule has 1 aromatic heterocycles. The van der Waals surface area contributed by atoms with Gasteiger partial charge in [-0.3, -0.25) is 0 Å². The smallest absolute Gasteiger partial charge is 0.271 e. The average Bonchev–Trinajstić information content (AvgIpc) is 2.71. The molecule has 1 heterocycles. The van der Waals surface area contributed by atoms with Crippen LogP contribution in [-0.2, 0) is 16.6 Å². The van der Waals surface area contributed by atoms with Crippen LogP contribution in [0.25, 0.3) is 0 Å². The molecule has 0 aliphatic rings. The van der Waals surface area contributed by atoms with Gasteiger partial charge in [-0.05, 0) is 32.1 Å². The highest BCUT2D eigenvalue weighted by atomic mass is 32.2. The van der Waals surface area contributed by atoms with Crippen molar-refractivity contribution in [2.75, 3.05) is 20.6 Å². The Bertz CT molecular complexity index is 486. The van der Waals surface area contributed by atoms with E-state index in [-0.39, 0.29) is 5.09 Å². The van der Waals surface area contributed by atoms with Crippen molar-refractivity contribution >= 4 is 10.0 Å². The molecule has 0 fully saturated rings. The lowest BCUT2D eigenvalue weighted by Gasteiger charge is -2.28. The number of nitrogens with one attached hydrogen (secondary N) is 1. The Morgan fingerprint density at radius 2 is 2.00 bits per heavy atom. The standard InChI is InChI=1S/C12H23N3O3S/c1-9(2)11(15(3)4)8-14-7-10-5-6-12(18-10)19(13,16)17/h5-6,9,11,14H,7-8H2,1-4H3,(H2,13,16,17). The van der Waals surface area contributed by atoms with Gasteiger partial charge in [0.1, 0.15) is 5.76 Å². The summed E-state index contributed by atoms with van der Waals surface area (Å²) in [6.45, 7) is 5.61. The van der Waals surface area contributed by atoms with Gasteiger partial charge in [0.2, 0.25) is 5.09 Å². The van der Waals surface area contributed by atoms with Gasteiger partial charge < -0.3 is 14.6 Å². The molecule has 6 nitrogen and oxygen atoms in total. The van der Waals surface area contributed by atoms with Crippen LogP contribution in [-0.4, -0.2) is 40.0 Å². The van der Waals surface area contributed by atoms with E-state index in [0.29, 0.717) is 24.3 Å². The average molecular weight is 289 g/mol. The van der Waals surface area contributed by atoms with Crippen molar-refractivity contribution in [2.24, 2.45) is 11.1 Å². The lowest BCUT2D eigenvalue weighted by Crippen LogP contribution is -2.41. The van der Waals surface area contributed by atoms with E-state index in [0.717, 1.165) is 6.54 Å². The molecule has 0 aliphatic carbocycles. The summed E-state index contributed by atoms with van der Waals surface area (Å²) < 4.78 is 27.3. The van der Waals surface area contributed by atoms with Gasteiger partial charge in [0.05, 0.1) is 6.54 Å². The van der Waals surface area contributed by atoms with Gasteiger partial charge >= 0.3 is 0 Å². The minimum atomic E-state index is -3.75. The monoisotopic (exact) mass is 289 g/mol. The summed E-state index contributed by atoms with van der Waals surface area (Å²) in [4.78, 5) is 2.16. The van der Waals surface area contributed by atoms with Gasteiger partial charge in [-0.25, -0.2) is 13.6 Å². The molecule has 1 rings (SSSR count). The first-order valence-electron chi connectivity index (χ1n) is 6.20. The van der Waals surface area contributed by atoms with Crippen LogP contribution in [0.5, 0.6) is 0 Å². The number of sulfonamides is 1. The van der Waals surface area contributed by atoms with Crippen molar-refractivity contribution in [1.29, 1.82) is 0 Å². The summed E-state index contributed by atoms with van der Waals surface area (Å²) in [7, 11) is 0.327. The predicted molar refractivity (Wildman–Crippen MR) is 74.1 cm³/mol. The molecule has 7 heteroatoms. The summed E-state index contributed by atoms with van der Waals surface area (Å²) in [6.07, 6.45) is 0. The number of furan rings is 1. The Labute approximate surface area is 115 Å². The molecule has 3 N–H and O–H groups in total. The first-order valence-corrected chi connectivity index (χ1v) is 7.75. The molecule has 0 spiro atoms. The lowest BCUT2D eigenvalue weighted by molar-refractivity contribution is 0.222. The second-order valence-electron chi connectivity index (χ2n) is 5.17. The minimum Gasteiger partial charge on any atom is -0.447 e. The van der Waals surface area contributed by atoms with E-state index in [1.165, 1.54) is 6.07 Å². The highest BCUT2D eigenvalue weighted by Crippen LogP contribution is 2.12. The summed E-state index contributed by atoms with van der Waals surface area (Å²) in [6, 6.07) is 3.40. The first kappa shape index (κ1) is 16.2. The number of hydrogen-bond acceptors (Lipinski definition) is 5. The Kier molecular flexibility index (Phi) is 5.54. The molecule has 1 aromatic rings. The van der Waals surface area contributed by atoms with E-state index in [4.69, 9.17) is 9.56 Å². The lowest BCUT2D eigenvalue weighted by atomic mass is 10.0. The summed E-state index contributed by atoms with van der Waals surface area (Å²) in [5, 5.41) is 8.04. The van der Waals surface area contributed by atoms with Crippen LogP contribution in [0.3, 0.4) is 0 Å². The number of nitrogens with zero attached hydrogens (tertiary/aromatic N) is 1. The molecular weight excluding hydrogens is 266 g/mol. The predicted octanol–water partition coefficient (Wildman–Crippen LogP) is 0.603. The fraction of sp³-hybridized carbons (Fsp3) is 0.667. The Morgan fingerprint density at radius 1 is 1.37 bits per heavy atom. The summed E-state index contributed by atoms with van der Waals surface area (Å²) >= 11 is 0. The molecule has 19 heavy (non-hydrogen) atoms. The number of rotatable bonds is 7. The molecule has 0 aliphatic heterocycles. The summed E-state index contributed by atoms with van der Waals surface area (Å²) in [5.41, 5.74) is 0. The van der Waals surface area contributed by atoms with Crippen molar-refractivity contribution in [1.82, 2.24) is 10.2 Å². The molecule has 0 amide bonds. The number of likely N-dealkylation sites (N-methyl/N-ethyl adjacent to an activating group) is 1. The zero-order valence-corrected chi connectivity index (χ0v) is 12.7. The van der Waals surface area contributed by atoms with Gasteiger partial charge in [-0.15, -0.1) is 0 Å². The quantitative estimate of drug-likeness (QED) is 0.767. The SMILES string of the molecule is CC(C)C(CNCc1ccc(S(N)(=O)=O)o1)N(C)C. The normalized spacial score (nSPS) is 14.3. The van der Waals surface area contributed by atoms with Crippen LogP contribution in [0.15, 0.2) is 21.6 Å². The van der Waals surface area contributed by atoms with Gasteiger partial charge in [0.15, 0.2) is 0 Å². The van der Waals surface area contributed by atoms with E-state index >= 15 is 0 Å². The number of nitrogens with two attached hydrogens (primary N) is 1. The molecule has 0 radical (unpaired) electrons. The third-order valence-corrected chi connectivity index (χ3v) is 3.78. The molecule has 1 unspecified atom stereocenters. The molecule has 0 aromatic carbocycles. The third-order valence-electron chi connectivity index (χ3n) is 3.00. The van der Waals surface area contributed by atoms with Crippen molar-refractivity contribution in [3.63, 3.8) is 0 Å². The molecule has 0 saturated carbocycles. The van der Waals surface area contributed by atoms with Crippen molar-refractivity contribution in [2.45, 2.75) is 31.5 Å². The second-order valence-corrected chi connectivity index (χ2v) is 6.66. The van der Waals surface area contributed by atoms with Gasteiger partial charge in [0, 0.05) is 12.6 Å². The van der Waals surface area contributed by atoms with Gasteiger partial charge in [-0.1, -0.05) is 13.8 Å². The summed E-state index contributed by atoms with van der Waals surface area (Å²) in [5.74, 6) is 1.09. The maximum absolute atomic E-state index is 11.1. The first-order chi connectivity index (χ1) is 8.71. The largest absolute Gasteiger partial charge is 0.447 e. The fourth-order valence-corrected chi connectivity index (χ4v) is 2.44.